The van der Waals surface area contributed by atoms with Crippen molar-refractivity contribution in [3.05, 3.63) is 53.5 Å². The van der Waals surface area contributed by atoms with Crippen LogP contribution >= 0.6 is 0 Å². The predicted molar refractivity (Wildman–Crippen MR) is 131 cm³/mol. The predicted octanol–water partition coefficient (Wildman–Crippen LogP) is 5.00. The second-order valence-electron chi connectivity index (χ2n) is 10.4. The van der Waals surface area contributed by atoms with E-state index in [4.69, 9.17) is 4.74 Å². The molecule has 3 heterocycles. The molecule has 196 valence electrons. The van der Waals surface area contributed by atoms with E-state index in [1.165, 1.54) is 12.3 Å². The quantitative estimate of drug-likeness (QED) is 0.384. The standard InChI is InChI=1S/C25H34F3N7O/c1-17(2)22-30-13-19(14-31-22)15-34(6)23-33-32-20(11-24(3,4)5)35(23)10-9-18-7-8-21(29-12-18)36-16-25(26,27)28/h7-8,12-14,17H,9-11,15-16H2,1-6H3. The topological polar surface area (TPSA) is 81.9 Å². The molecule has 36 heavy (non-hydrogen) atoms. The maximum atomic E-state index is 12.4. The minimum Gasteiger partial charge on any atom is -0.468 e. The molecule has 0 aliphatic carbocycles. The van der Waals surface area contributed by atoms with Crippen LogP contribution in [0.4, 0.5) is 19.1 Å². The molecule has 8 nitrogen and oxygen atoms in total. The summed E-state index contributed by atoms with van der Waals surface area (Å²) >= 11 is 0. The molecule has 11 heteroatoms. The van der Waals surface area contributed by atoms with Gasteiger partial charge >= 0.3 is 6.18 Å². The van der Waals surface area contributed by atoms with Gasteiger partial charge < -0.3 is 9.64 Å². The van der Waals surface area contributed by atoms with Crippen LogP contribution in [0.5, 0.6) is 5.88 Å². The number of hydrogen-bond acceptors (Lipinski definition) is 7. The number of aromatic nitrogens is 6. The lowest BCUT2D eigenvalue weighted by Crippen LogP contribution is -2.23. The first-order valence-electron chi connectivity index (χ1n) is 11.9. The summed E-state index contributed by atoms with van der Waals surface area (Å²) in [5, 5.41) is 8.94. The van der Waals surface area contributed by atoms with Crippen molar-refractivity contribution in [3.8, 4) is 5.88 Å². The van der Waals surface area contributed by atoms with Gasteiger partial charge in [0.2, 0.25) is 11.8 Å². The summed E-state index contributed by atoms with van der Waals surface area (Å²) in [4.78, 5) is 14.9. The number of aryl methyl sites for hydroxylation is 1. The lowest BCUT2D eigenvalue weighted by molar-refractivity contribution is -0.154. The highest BCUT2D eigenvalue weighted by Gasteiger charge is 2.28. The van der Waals surface area contributed by atoms with E-state index in [0.29, 0.717) is 19.5 Å². The van der Waals surface area contributed by atoms with Crippen LogP contribution in [0, 0.1) is 5.41 Å². The fourth-order valence-electron chi connectivity index (χ4n) is 3.57. The molecule has 0 aliphatic heterocycles. The summed E-state index contributed by atoms with van der Waals surface area (Å²) < 4.78 is 43.9. The summed E-state index contributed by atoms with van der Waals surface area (Å²) in [6, 6.07) is 3.18. The van der Waals surface area contributed by atoms with Gasteiger partial charge in [0.1, 0.15) is 11.6 Å². The number of pyridine rings is 1. The van der Waals surface area contributed by atoms with Gasteiger partial charge in [0.25, 0.3) is 0 Å². The van der Waals surface area contributed by atoms with Crippen LogP contribution in [0.25, 0.3) is 0 Å². The van der Waals surface area contributed by atoms with Crippen molar-refractivity contribution < 1.29 is 17.9 Å². The Morgan fingerprint density at radius 1 is 0.972 bits per heavy atom. The Hall–Kier alpha value is -3.24. The van der Waals surface area contributed by atoms with Crippen molar-refractivity contribution in [1.29, 1.82) is 0 Å². The Bertz CT molecular complexity index is 1100. The molecule has 0 unspecified atom stereocenters. The lowest BCUT2D eigenvalue weighted by atomic mass is 9.92. The largest absolute Gasteiger partial charge is 0.468 e. The number of nitrogens with zero attached hydrogens (tertiary/aromatic N) is 7. The summed E-state index contributed by atoms with van der Waals surface area (Å²) in [6.45, 7) is 10.3. The fourth-order valence-corrected chi connectivity index (χ4v) is 3.57. The highest BCUT2D eigenvalue weighted by molar-refractivity contribution is 5.32. The van der Waals surface area contributed by atoms with E-state index in [9.17, 15) is 13.2 Å². The molecule has 0 atom stereocenters. The van der Waals surface area contributed by atoms with E-state index in [1.54, 1.807) is 6.07 Å². The van der Waals surface area contributed by atoms with Crippen molar-refractivity contribution in [3.63, 3.8) is 0 Å². The molecule has 0 bridgehead atoms. The second-order valence-corrected chi connectivity index (χ2v) is 10.4. The number of hydrogen-bond donors (Lipinski definition) is 0. The minimum absolute atomic E-state index is 0.0141. The molecule has 0 amide bonds. The molecule has 0 spiro atoms. The van der Waals surface area contributed by atoms with E-state index in [-0.39, 0.29) is 17.2 Å². The zero-order chi connectivity index (χ0) is 26.5. The number of alkyl halides is 3. The number of anilines is 1. The molecule has 3 rings (SSSR count). The SMILES string of the molecule is CC(C)c1ncc(CN(C)c2nnc(CC(C)(C)C)n2CCc2ccc(OCC(F)(F)F)nc2)cn1. The molecule has 0 aromatic carbocycles. The molecule has 0 saturated carbocycles. The molecule has 3 aromatic rings. The third kappa shape index (κ3) is 8.17. The van der Waals surface area contributed by atoms with E-state index < -0.39 is 12.8 Å². The third-order valence-electron chi connectivity index (χ3n) is 5.30. The van der Waals surface area contributed by atoms with Gasteiger partial charge in [-0.2, -0.15) is 13.2 Å². The van der Waals surface area contributed by atoms with Crippen LogP contribution < -0.4 is 9.64 Å². The fraction of sp³-hybridized carbons (Fsp3) is 0.560. The van der Waals surface area contributed by atoms with Crippen LogP contribution in [-0.4, -0.2) is 49.5 Å². The third-order valence-corrected chi connectivity index (χ3v) is 5.30. The Kier molecular flexibility index (Phi) is 8.52. The van der Waals surface area contributed by atoms with Crippen LogP contribution in [0.2, 0.25) is 0 Å². The van der Waals surface area contributed by atoms with E-state index in [0.717, 1.165) is 35.1 Å². The zero-order valence-corrected chi connectivity index (χ0v) is 21.7. The Morgan fingerprint density at radius 2 is 1.64 bits per heavy atom. The Balaban J connectivity index is 1.74. The van der Waals surface area contributed by atoms with Crippen LogP contribution in [0.1, 0.15) is 63.3 Å². The van der Waals surface area contributed by atoms with Crippen molar-refractivity contribution >= 4 is 5.95 Å². The van der Waals surface area contributed by atoms with Crippen LogP contribution in [0.15, 0.2) is 30.7 Å². The van der Waals surface area contributed by atoms with Crippen molar-refractivity contribution in [2.75, 3.05) is 18.6 Å². The summed E-state index contributed by atoms with van der Waals surface area (Å²) in [5.74, 6) is 2.61. The van der Waals surface area contributed by atoms with Crippen molar-refractivity contribution in [2.45, 2.75) is 72.6 Å². The molecule has 3 aromatic heterocycles. The molecular formula is C25H34F3N7O. The van der Waals surface area contributed by atoms with Gasteiger partial charge in [-0.25, -0.2) is 15.0 Å². The van der Waals surface area contributed by atoms with Gasteiger partial charge in [-0.1, -0.05) is 40.7 Å². The summed E-state index contributed by atoms with van der Waals surface area (Å²) in [5.41, 5.74) is 1.85. The van der Waals surface area contributed by atoms with Crippen LogP contribution in [-0.2, 0) is 25.9 Å². The molecular weight excluding hydrogens is 471 g/mol. The Morgan fingerprint density at radius 3 is 2.19 bits per heavy atom. The van der Waals surface area contributed by atoms with Crippen LogP contribution in [0.3, 0.4) is 0 Å². The van der Waals surface area contributed by atoms with E-state index in [1.807, 2.05) is 24.3 Å². The first kappa shape index (κ1) is 27.3. The molecule has 0 radical (unpaired) electrons. The average Bonchev–Trinajstić information content (AvgIpc) is 3.17. The van der Waals surface area contributed by atoms with Gasteiger partial charge in [0, 0.05) is 62.7 Å². The van der Waals surface area contributed by atoms with E-state index in [2.05, 4.69) is 64.3 Å². The van der Waals surface area contributed by atoms with Gasteiger partial charge in [-0.05, 0) is 17.4 Å². The average molecular weight is 506 g/mol. The van der Waals surface area contributed by atoms with Gasteiger partial charge in [0.15, 0.2) is 6.61 Å². The maximum absolute atomic E-state index is 12.4. The number of halogens is 3. The first-order valence-corrected chi connectivity index (χ1v) is 11.9. The number of ether oxygens (including phenoxy) is 1. The second kappa shape index (κ2) is 11.2. The van der Waals surface area contributed by atoms with Crippen molar-refractivity contribution in [1.82, 2.24) is 29.7 Å². The highest BCUT2D eigenvalue weighted by atomic mass is 19.4. The molecule has 0 N–H and O–H groups in total. The van der Waals surface area contributed by atoms with Gasteiger partial charge in [0.05, 0.1) is 0 Å². The van der Waals surface area contributed by atoms with Gasteiger partial charge in [-0.15, -0.1) is 10.2 Å². The lowest BCUT2D eigenvalue weighted by Gasteiger charge is -2.22. The minimum atomic E-state index is -4.40. The first-order chi connectivity index (χ1) is 16.8. The normalized spacial score (nSPS) is 12.3. The maximum Gasteiger partial charge on any atom is 0.422 e. The summed E-state index contributed by atoms with van der Waals surface area (Å²) in [6.07, 6.45) is 2.16. The van der Waals surface area contributed by atoms with Gasteiger partial charge in [-0.3, -0.25) is 4.57 Å². The summed E-state index contributed by atoms with van der Waals surface area (Å²) in [7, 11) is 1.95. The zero-order valence-electron chi connectivity index (χ0n) is 21.7. The van der Waals surface area contributed by atoms with E-state index >= 15 is 0 Å². The smallest absolute Gasteiger partial charge is 0.422 e. The number of rotatable bonds is 10. The monoisotopic (exact) mass is 505 g/mol. The molecule has 0 saturated heterocycles. The Labute approximate surface area is 210 Å². The van der Waals surface area contributed by atoms with Crippen molar-refractivity contribution in [2.24, 2.45) is 5.41 Å². The molecule has 0 fully saturated rings. The molecule has 0 aliphatic rings. The highest BCUT2D eigenvalue weighted by Crippen LogP contribution is 2.24.